The Kier molecular flexibility index (Phi) is 10.6. The number of carbonyl (C=O) groups excluding carboxylic acids is 1. The van der Waals surface area contributed by atoms with Crippen molar-refractivity contribution in [3.8, 4) is 0 Å². The quantitative estimate of drug-likeness (QED) is 0.253. The van der Waals surface area contributed by atoms with Gasteiger partial charge in [-0.15, -0.1) is 0 Å². The Labute approximate surface area is 228 Å². The maximum atomic E-state index is 12.7. The summed E-state index contributed by atoms with van der Waals surface area (Å²) in [5.74, 6) is -0.233. The van der Waals surface area contributed by atoms with E-state index >= 15 is 0 Å². The molecule has 0 aromatic rings. The lowest BCUT2D eigenvalue weighted by Gasteiger charge is -2.48. The van der Waals surface area contributed by atoms with E-state index in [-0.39, 0.29) is 11.8 Å². The summed E-state index contributed by atoms with van der Waals surface area (Å²) in [6.07, 6.45) is -9.94. The average Bonchev–Trinajstić information content (AvgIpc) is 2.89. The summed E-state index contributed by atoms with van der Waals surface area (Å²) in [5.41, 5.74) is 0. The van der Waals surface area contributed by atoms with Gasteiger partial charge in [0.2, 0.25) is 0 Å². The number of amides is 1. The van der Waals surface area contributed by atoms with Gasteiger partial charge in [0.15, 0.2) is 12.6 Å². The van der Waals surface area contributed by atoms with Gasteiger partial charge >= 0.3 is 0 Å². The number of ether oxygens (including phenoxy) is 6. The molecule has 0 bridgehead atoms. The molecule has 1 amide bonds. The molecule has 39 heavy (non-hydrogen) atoms. The Morgan fingerprint density at radius 2 is 1.59 bits per heavy atom. The largest absolute Gasteiger partial charge is 0.394 e. The van der Waals surface area contributed by atoms with E-state index in [1.165, 1.54) is 4.90 Å². The molecule has 226 valence electrons. The van der Waals surface area contributed by atoms with E-state index in [1.807, 2.05) is 6.92 Å². The molecule has 13 nitrogen and oxygen atoms in total. The van der Waals surface area contributed by atoms with Crippen LogP contribution < -0.4 is 0 Å². The van der Waals surface area contributed by atoms with Crippen molar-refractivity contribution in [2.45, 2.75) is 126 Å². The first kappa shape index (κ1) is 31.0. The van der Waals surface area contributed by atoms with Gasteiger partial charge in [0.05, 0.1) is 24.9 Å². The lowest BCUT2D eigenvalue weighted by molar-refractivity contribution is -0.354. The molecule has 0 radical (unpaired) electrons. The van der Waals surface area contributed by atoms with Crippen LogP contribution in [0.3, 0.4) is 0 Å². The standard InChI is InChI=1S/C26H45NO12/c1-12-7-5-8-14(21(12)39-25-20(32)19(31)17(29)13(2)35-25)37-26-23-22(18(30)16(11-28)38-26)36-15(9-6-10-34-23)24(33)27(3)4/h12-23,25-26,28-32H,5-11H2,1-4H3/t12-,13?,14-,15-,16?,17-,18+,19?,20+,21?,22?,23?,25+,26-/m1/s1. The monoisotopic (exact) mass is 563 g/mol. The molecule has 1 saturated carbocycles. The van der Waals surface area contributed by atoms with Gasteiger partial charge in [-0.25, -0.2) is 0 Å². The lowest BCUT2D eigenvalue weighted by atomic mass is 9.85. The van der Waals surface area contributed by atoms with Crippen molar-refractivity contribution >= 4 is 5.91 Å². The first-order valence-electron chi connectivity index (χ1n) is 14.0. The molecule has 1 aliphatic carbocycles. The summed E-state index contributed by atoms with van der Waals surface area (Å²) in [5, 5.41) is 51.7. The zero-order valence-corrected chi connectivity index (χ0v) is 23.1. The Hall–Kier alpha value is -0.970. The van der Waals surface area contributed by atoms with E-state index < -0.39 is 86.3 Å². The number of aliphatic hydroxyl groups excluding tert-OH is 5. The van der Waals surface area contributed by atoms with Gasteiger partial charge in [-0.2, -0.15) is 0 Å². The second-order valence-corrected chi connectivity index (χ2v) is 11.4. The van der Waals surface area contributed by atoms with Gasteiger partial charge < -0.3 is 58.9 Å². The summed E-state index contributed by atoms with van der Waals surface area (Å²) in [7, 11) is 3.28. The number of nitrogens with zero attached hydrogens (tertiary/aromatic N) is 1. The van der Waals surface area contributed by atoms with Gasteiger partial charge in [0.25, 0.3) is 5.91 Å². The zero-order valence-electron chi connectivity index (χ0n) is 23.1. The molecular weight excluding hydrogens is 518 g/mol. The Morgan fingerprint density at radius 3 is 2.28 bits per heavy atom. The van der Waals surface area contributed by atoms with Crippen LogP contribution in [0, 0.1) is 5.92 Å². The number of aliphatic hydroxyl groups is 5. The third-order valence-electron chi connectivity index (χ3n) is 8.24. The fourth-order valence-corrected chi connectivity index (χ4v) is 5.85. The third-order valence-corrected chi connectivity index (χ3v) is 8.24. The van der Waals surface area contributed by atoms with Crippen molar-refractivity contribution in [2.75, 3.05) is 27.3 Å². The highest BCUT2D eigenvalue weighted by Crippen LogP contribution is 2.36. The highest BCUT2D eigenvalue weighted by atomic mass is 16.7. The van der Waals surface area contributed by atoms with E-state index in [2.05, 4.69) is 0 Å². The van der Waals surface area contributed by atoms with Crippen LogP contribution in [-0.4, -0.2) is 143 Å². The minimum absolute atomic E-state index is 0.00550. The maximum absolute atomic E-state index is 12.7. The SMILES string of the molecule is CC1O[C@@H](OC2[C@H](C)CCC[C@H]2O[C@@H]2OC(CO)[C@H](O)C3O[C@@H](C(=O)N(C)C)CCCOC32)[C@@H](O)C(O)[C@@H]1O. The van der Waals surface area contributed by atoms with Gasteiger partial charge in [-0.1, -0.05) is 13.3 Å². The molecule has 6 unspecified atom stereocenters. The van der Waals surface area contributed by atoms with Gasteiger partial charge in [0, 0.05) is 20.7 Å². The molecule has 5 N–H and O–H groups in total. The molecular formula is C26H45NO12. The second kappa shape index (κ2) is 13.3. The number of rotatable bonds is 6. The summed E-state index contributed by atoms with van der Waals surface area (Å²) in [4.78, 5) is 14.2. The molecule has 4 fully saturated rings. The third kappa shape index (κ3) is 6.75. The topological polar surface area (TPSA) is 177 Å². The van der Waals surface area contributed by atoms with E-state index in [0.717, 1.165) is 12.8 Å². The summed E-state index contributed by atoms with van der Waals surface area (Å²) in [6.45, 7) is 3.37. The molecule has 4 aliphatic rings. The summed E-state index contributed by atoms with van der Waals surface area (Å²) >= 11 is 0. The molecule has 0 aromatic heterocycles. The molecule has 0 spiro atoms. The number of fused-ring (bicyclic) bond motifs is 1. The van der Waals surface area contributed by atoms with Crippen LogP contribution in [0.1, 0.15) is 46.0 Å². The fourth-order valence-electron chi connectivity index (χ4n) is 5.85. The summed E-state index contributed by atoms with van der Waals surface area (Å²) in [6, 6.07) is 0. The van der Waals surface area contributed by atoms with Crippen molar-refractivity contribution in [1.82, 2.24) is 4.90 Å². The fraction of sp³-hybridized carbons (Fsp3) is 0.962. The summed E-state index contributed by atoms with van der Waals surface area (Å²) < 4.78 is 36.4. The van der Waals surface area contributed by atoms with Crippen molar-refractivity contribution < 1.29 is 58.7 Å². The Balaban J connectivity index is 1.53. The van der Waals surface area contributed by atoms with Crippen LogP contribution in [-0.2, 0) is 33.2 Å². The van der Waals surface area contributed by atoms with Crippen molar-refractivity contribution in [1.29, 1.82) is 0 Å². The first-order valence-corrected chi connectivity index (χ1v) is 14.0. The van der Waals surface area contributed by atoms with Crippen LogP contribution in [0.15, 0.2) is 0 Å². The molecule has 3 aliphatic heterocycles. The van der Waals surface area contributed by atoms with Crippen molar-refractivity contribution in [2.24, 2.45) is 5.92 Å². The smallest absolute Gasteiger partial charge is 0.251 e. The van der Waals surface area contributed by atoms with Crippen LogP contribution in [0.25, 0.3) is 0 Å². The highest BCUT2D eigenvalue weighted by molar-refractivity contribution is 5.80. The van der Waals surface area contributed by atoms with Crippen molar-refractivity contribution in [3.05, 3.63) is 0 Å². The highest BCUT2D eigenvalue weighted by Gasteiger charge is 2.52. The Bertz CT molecular complexity index is 803. The van der Waals surface area contributed by atoms with Crippen LogP contribution in [0.5, 0.6) is 0 Å². The molecule has 14 atom stereocenters. The van der Waals surface area contributed by atoms with E-state index in [1.54, 1.807) is 21.0 Å². The second-order valence-electron chi connectivity index (χ2n) is 11.4. The normalized spacial score (nSPS) is 47.5. The Morgan fingerprint density at radius 1 is 0.846 bits per heavy atom. The molecule has 0 aromatic carbocycles. The minimum Gasteiger partial charge on any atom is -0.394 e. The zero-order chi connectivity index (χ0) is 28.4. The van der Waals surface area contributed by atoms with Crippen LogP contribution in [0.4, 0.5) is 0 Å². The van der Waals surface area contributed by atoms with Gasteiger partial charge in [0.1, 0.15) is 48.8 Å². The maximum Gasteiger partial charge on any atom is 0.251 e. The number of likely N-dealkylation sites (N-methyl/N-ethyl adjacent to an activating group) is 1. The molecule has 3 saturated heterocycles. The molecule has 3 heterocycles. The van der Waals surface area contributed by atoms with E-state index in [4.69, 9.17) is 28.4 Å². The predicted molar refractivity (Wildman–Crippen MR) is 133 cm³/mol. The molecule has 4 rings (SSSR count). The van der Waals surface area contributed by atoms with E-state index in [0.29, 0.717) is 25.9 Å². The van der Waals surface area contributed by atoms with Gasteiger partial charge in [-0.05, 0) is 38.5 Å². The van der Waals surface area contributed by atoms with Crippen LogP contribution in [0.2, 0.25) is 0 Å². The lowest BCUT2D eigenvalue weighted by Crippen LogP contribution is -2.64. The number of carbonyl (C=O) groups is 1. The molecule has 13 heteroatoms. The number of hydrogen-bond donors (Lipinski definition) is 5. The van der Waals surface area contributed by atoms with E-state index in [9.17, 15) is 30.3 Å². The first-order chi connectivity index (χ1) is 18.5. The van der Waals surface area contributed by atoms with Crippen molar-refractivity contribution in [3.63, 3.8) is 0 Å². The van der Waals surface area contributed by atoms with Gasteiger partial charge in [-0.3, -0.25) is 4.79 Å². The average molecular weight is 564 g/mol. The predicted octanol–water partition coefficient (Wildman–Crippen LogP) is -1.50. The number of hydrogen-bond acceptors (Lipinski definition) is 12. The van der Waals surface area contributed by atoms with Crippen LogP contribution >= 0.6 is 0 Å². The minimum atomic E-state index is -1.45.